The number of rotatable bonds is 4. The number of amides is 1. The highest BCUT2D eigenvalue weighted by Crippen LogP contribution is 1.85. The Morgan fingerprint density at radius 3 is 3.00 bits per heavy atom. The Kier molecular flexibility index (Phi) is 4.49. The number of carbonyl (C=O) groups excluding carboxylic acids is 1. The lowest BCUT2D eigenvalue weighted by Crippen LogP contribution is -2.25. The van der Waals surface area contributed by atoms with E-state index in [1.807, 2.05) is 0 Å². The molecule has 2 N–H and O–H groups in total. The standard InChI is InChI=1S/C6H9N3O2/c1-2-11-4-9-5(3-7)6(8)10/h4-5H,2H2,1H3,(H2,8,10)/b9-4-. The van der Waals surface area contributed by atoms with Crippen molar-refractivity contribution < 1.29 is 9.53 Å². The molecule has 0 fully saturated rings. The molecule has 0 bridgehead atoms. The maximum atomic E-state index is 10.4. The van der Waals surface area contributed by atoms with E-state index in [1.54, 1.807) is 13.0 Å². The van der Waals surface area contributed by atoms with Gasteiger partial charge in [-0.25, -0.2) is 4.99 Å². The lowest BCUT2D eigenvalue weighted by Gasteiger charge is -1.95. The Labute approximate surface area is 64.5 Å². The van der Waals surface area contributed by atoms with Gasteiger partial charge in [0.05, 0.1) is 12.7 Å². The highest BCUT2D eigenvalue weighted by molar-refractivity contribution is 5.83. The van der Waals surface area contributed by atoms with Crippen molar-refractivity contribution in [1.82, 2.24) is 0 Å². The van der Waals surface area contributed by atoms with Crippen LogP contribution >= 0.6 is 0 Å². The minimum Gasteiger partial charge on any atom is -0.484 e. The molecule has 1 atom stereocenters. The van der Waals surface area contributed by atoms with Crippen LogP contribution < -0.4 is 5.73 Å². The summed E-state index contributed by atoms with van der Waals surface area (Å²) >= 11 is 0. The molecule has 5 heteroatoms. The SMILES string of the molecule is CCO/C=N\C(C#N)C(N)=O. The molecular weight excluding hydrogens is 146 g/mol. The van der Waals surface area contributed by atoms with Crippen LogP contribution in [0.15, 0.2) is 4.99 Å². The molecule has 60 valence electrons. The summed E-state index contributed by atoms with van der Waals surface area (Å²) in [5.74, 6) is -0.775. The van der Waals surface area contributed by atoms with Crippen molar-refractivity contribution in [2.24, 2.45) is 10.7 Å². The summed E-state index contributed by atoms with van der Waals surface area (Å²) in [4.78, 5) is 13.8. The van der Waals surface area contributed by atoms with Crippen LogP contribution in [0, 0.1) is 11.3 Å². The molecule has 0 aliphatic heterocycles. The van der Waals surface area contributed by atoms with Crippen LogP contribution in [0.25, 0.3) is 0 Å². The summed E-state index contributed by atoms with van der Waals surface area (Å²) in [5.41, 5.74) is 4.80. The van der Waals surface area contributed by atoms with Crippen LogP contribution in [-0.2, 0) is 9.53 Å². The first-order chi connectivity index (χ1) is 5.22. The fourth-order valence-corrected chi connectivity index (χ4v) is 0.349. The normalized spacial score (nSPS) is 12.4. The van der Waals surface area contributed by atoms with Crippen LogP contribution in [0.5, 0.6) is 0 Å². The lowest BCUT2D eigenvalue weighted by atomic mass is 10.3. The molecule has 0 radical (unpaired) electrons. The fraction of sp³-hybridized carbons (Fsp3) is 0.500. The van der Waals surface area contributed by atoms with Crippen molar-refractivity contribution in [2.75, 3.05) is 6.61 Å². The van der Waals surface area contributed by atoms with Crippen LogP contribution in [-0.4, -0.2) is 25.0 Å². The first kappa shape index (κ1) is 9.43. The van der Waals surface area contributed by atoms with Crippen molar-refractivity contribution in [1.29, 1.82) is 5.26 Å². The molecule has 0 aromatic heterocycles. The fourth-order valence-electron chi connectivity index (χ4n) is 0.349. The summed E-state index contributed by atoms with van der Waals surface area (Å²) in [6.45, 7) is 2.21. The van der Waals surface area contributed by atoms with Crippen molar-refractivity contribution in [3.63, 3.8) is 0 Å². The van der Waals surface area contributed by atoms with Gasteiger partial charge in [0.1, 0.15) is 0 Å². The van der Waals surface area contributed by atoms with E-state index < -0.39 is 11.9 Å². The monoisotopic (exact) mass is 155 g/mol. The molecular formula is C6H9N3O2. The molecule has 5 nitrogen and oxygen atoms in total. The number of nitriles is 1. The molecule has 1 amide bonds. The molecule has 1 unspecified atom stereocenters. The molecule has 0 spiro atoms. The second-order valence-corrected chi connectivity index (χ2v) is 1.64. The van der Waals surface area contributed by atoms with Gasteiger partial charge in [0.15, 0.2) is 6.40 Å². The van der Waals surface area contributed by atoms with E-state index in [0.717, 1.165) is 6.40 Å². The molecule has 0 rings (SSSR count). The summed E-state index contributed by atoms with van der Waals surface area (Å²) in [7, 11) is 0. The summed E-state index contributed by atoms with van der Waals surface area (Å²) < 4.78 is 4.67. The third-order valence-corrected chi connectivity index (χ3v) is 0.843. The number of aliphatic imine (C=N–C) groups is 1. The molecule has 0 heterocycles. The maximum Gasteiger partial charge on any atom is 0.257 e. The van der Waals surface area contributed by atoms with Crippen LogP contribution in [0.4, 0.5) is 0 Å². The van der Waals surface area contributed by atoms with E-state index in [0.29, 0.717) is 6.61 Å². The average molecular weight is 155 g/mol. The van der Waals surface area contributed by atoms with E-state index in [1.165, 1.54) is 0 Å². The van der Waals surface area contributed by atoms with Gasteiger partial charge >= 0.3 is 0 Å². The zero-order valence-corrected chi connectivity index (χ0v) is 6.15. The highest BCUT2D eigenvalue weighted by atomic mass is 16.5. The molecule has 0 saturated carbocycles. The van der Waals surface area contributed by atoms with Gasteiger partial charge in [0.2, 0.25) is 6.04 Å². The average Bonchev–Trinajstić information content (AvgIpc) is 1.97. The number of nitrogens with zero attached hydrogens (tertiary/aromatic N) is 2. The van der Waals surface area contributed by atoms with Gasteiger partial charge < -0.3 is 10.5 Å². The quantitative estimate of drug-likeness (QED) is 0.435. The highest BCUT2D eigenvalue weighted by Gasteiger charge is 2.09. The number of carbonyl (C=O) groups is 1. The van der Waals surface area contributed by atoms with Gasteiger partial charge in [-0.05, 0) is 6.92 Å². The number of hydrogen-bond acceptors (Lipinski definition) is 4. The van der Waals surface area contributed by atoms with E-state index >= 15 is 0 Å². The maximum absolute atomic E-state index is 10.4. The van der Waals surface area contributed by atoms with Gasteiger partial charge in [0, 0.05) is 0 Å². The van der Waals surface area contributed by atoms with Gasteiger partial charge in [-0.2, -0.15) is 5.26 Å². The largest absolute Gasteiger partial charge is 0.484 e. The Morgan fingerprint density at radius 2 is 2.64 bits per heavy atom. The zero-order valence-electron chi connectivity index (χ0n) is 6.15. The number of hydrogen-bond donors (Lipinski definition) is 1. The van der Waals surface area contributed by atoms with Crippen molar-refractivity contribution in [3.05, 3.63) is 0 Å². The minimum atomic E-state index is -1.14. The molecule has 11 heavy (non-hydrogen) atoms. The Balaban J connectivity index is 3.90. The lowest BCUT2D eigenvalue weighted by molar-refractivity contribution is -0.118. The number of primary amides is 1. The summed E-state index contributed by atoms with van der Waals surface area (Å²) in [5, 5.41) is 8.28. The predicted octanol–water partition coefficient (Wildman–Crippen LogP) is -0.571. The van der Waals surface area contributed by atoms with E-state index in [-0.39, 0.29) is 0 Å². The van der Waals surface area contributed by atoms with Crippen molar-refractivity contribution >= 4 is 12.3 Å². The van der Waals surface area contributed by atoms with Crippen molar-refractivity contribution in [3.8, 4) is 6.07 Å². The van der Waals surface area contributed by atoms with E-state index in [4.69, 9.17) is 11.0 Å². The molecule has 0 aromatic rings. The van der Waals surface area contributed by atoms with Gasteiger partial charge in [-0.1, -0.05) is 0 Å². The van der Waals surface area contributed by atoms with Crippen molar-refractivity contribution in [2.45, 2.75) is 13.0 Å². The van der Waals surface area contributed by atoms with Gasteiger partial charge in [-0.3, -0.25) is 4.79 Å². The Morgan fingerprint density at radius 1 is 2.00 bits per heavy atom. The first-order valence-electron chi connectivity index (χ1n) is 3.04. The predicted molar refractivity (Wildman–Crippen MR) is 38.7 cm³/mol. The smallest absolute Gasteiger partial charge is 0.257 e. The van der Waals surface area contributed by atoms with Crippen LogP contribution in [0.2, 0.25) is 0 Å². The summed E-state index contributed by atoms with van der Waals surface area (Å²) in [6, 6.07) is 0.470. The Hall–Kier alpha value is -1.57. The second kappa shape index (κ2) is 5.23. The van der Waals surface area contributed by atoms with Gasteiger partial charge in [0.25, 0.3) is 5.91 Å². The summed E-state index contributed by atoms with van der Waals surface area (Å²) in [6.07, 6.45) is 1.05. The third kappa shape index (κ3) is 3.92. The van der Waals surface area contributed by atoms with Crippen LogP contribution in [0.3, 0.4) is 0 Å². The first-order valence-corrected chi connectivity index (χ1v) is 3.04. The minimum absolute atomic E-state index is 0.445. The van der Waals surface area contributed by atoms with E-state index in [2.05, 4.69) is 9.73 Å². The molecule has 0 aliphatic carbocycles. The zero-order chi connectivity index (χ0) is 8.69. The third-order valence-electron chi connectivity index (χ3n) is 0.843. The van der Waals surface area contributed by atoms with Crippen LogP contribution in [0.1, 0.15) is 6.92 Å². The number of nitrogens with two attached hydrogens (primary N) is 1. The molecule has 0 aliphatic rings. The van der Waals surface area contributed by atoms with E-state index in [9.17, 15) is 4.79 Å². The van der Waals surface area contributed by atoms with Gasteiger partial charge in [-0.15, -0.1) is 0 Å². The number of ether oxygens (including phenoxy) is 1. The topological polar surface area (TPSA) is 88.5 Å². The molecule has 0 saturated heterocycles. The molecule has 0 aromatic carbocycles. The Bertz CT molecular complexity index is 194. The second-order valence-electron chi connectivity index (χ2n) is 1.64.